The van der Waals surface area contributed by atoms with Crippen LogP contribution >= 0.6 is 0 Å². The third-order valence-electron chi connectivity index (χ3n) is 16.5. The summed E-state index contributed by atoms with van der Waals surface area (Å²) in [6.45, 7) is 16.7. The SMILES string of the molecule is C#Cc1ccc(CNC(=O)C2CC(O)CN2C(=O)[C@@H](NC(=O)CN2CC3(CC(N4CCC(N5CCC(N6CCN7c8cc(-c9ccccc9O)nnc8NC[C@H]7C6)CC5)CC4)C3)C2)C(C)(C)C)cc1. The third kappa shape index (κ3) is 10.0. The first-order valence-corrected chi connectivity index (χ1v) is 25.4. The highest BCUT2D eigenvalue weighted by Gasteiger charge is 2.54. The molecule has 10 rings (SSSR count). The second-order valence-corrected chi connectivity index (χ2v) is 22.3. The maximum Gasteiger partial charge on any atom is 0.246 e. The lowest BCUT2D eigenvalue weighted by Gasteiger charge is -2.61. The summed E-state index contributed by atoms with van der Waals surface area (Å²) in [6.07, 6.45) is 12.1. The minimum Gasteiger partial charge on any atom is -0.507 e. The van der Waals surface area contributed by atoms with Gasteiger partial charge in [0.25, 0.3) is 0 Å². The first-order chi connectivity index (χ1) is 33.2. The Hall–Kier alpha value is -5.31. The summed E-state index contributed by atoms with van der Waals surface area (Å²) < 4.78 is 0. The number of aliphatic hydroxyl groups excluding tert-OH is 1. The molecule has 7 heterocycles. The van der Waals surface area contributed by atoms with Gasteiger partial charge in [-0.25, -0.2) is 0 Å². The number of carbonyl (C=O) groups is 3. The van der Waals surface area contributed by atoms with Crippen LogP contribution < -0.4 is 20.9 Å². The quantitative estimate of drug-likeness (QED) is 0.178. The second kappa shape index (κ2) is 19.5. The Balaban J connectivity index is 0.632. The first kappa shape index (κ1) is 47.4. The van der Waals surface area contributed by atoms with E-state index in [1.165, 1.54) is 56.5 Å². The van der Waals surface area contributed by atoms with Gasteiger partial charge in [-0.05, 0) is 111 Å². The van der Waals surface area contributed by atoms with Gasteiger partial charge in [0.2, 0.25) is 17.7 Å². The Kier molecular flexibility index (Phi) is 13.4. The highest BCUT2D eigenvalue weighted by Crippen LogP contribution is 2.50. The number of aromatic hydroxyl groups is 1. The summed E-state index contributed by atoms with van der Waals surface area (Å²) >= 11 is 0. The molecule has 2 aromatic carbocycles. The van der Waals surface area contributed by atoms with E-state index in [9.17, 15) is 24.6 Å². The van der Waals surface area contributed by atoms with E-state index in [-0.39, 0.29) is 54.9 Å². The van der Waals surface area contributed by atoms with Gasteiger partial charge in [0.1, 0.15) is 17.8 Å². The molecule has 0 bridgehead atoms. The molecule has 4 atom stereocenters. The van der Waals surface area contributed by atoms with Gasteiger partial charge in [-0.15, -0.1) is 16.6 Å². The van der Waals surface area contributed by atoms with Crippen LogP contribution in [-0.4, -0.2) is 184 Å². The molecule has 1 spiro atoms. The zero-order chi connectivity index (χ0) is 48.0. The molecule has 6 fully saturated rings. The number of para-hydroxylation sites is 1. The van der Waals surface area contributed by atoms with Gasteiger partial charge in [-0.1, -0.05) is 51.0 Å². The van der Waals surface area contributed by atoms with Crippen molar-refractivity contribution in [3.63, 3.8) is 0 Å². The van der Waals surface area contributed by atoms with E-state index in [2.05, 4.69) is 62.6 Å². The number of rotatable bonds is 11. The Morgan fingerprint density at radius 3 is 2.23 bits per heavy atom. The molecule has 69 heavy (non-hydrogen) atoms. The summed E-state index contributed by atoms with van der Waals surface area (Å²) in [6, 6.07) is 17.3. The minimum absolute atomic E-state index is 0.0416. The number of fused-ring (bicyclic) bond motifs is 3. The highest BCUT2D eigenvalue weighted by molar-refractivity contribution is 5.93. The number of hydrogen-bond donors (Lipinski definition) is 5. The summed E-state index contributed by atoms with van der Waals surface area (Å²) in [5.41, 5.74) is 3.78. The molecule has 16 heteroatoms. The fourth-order valence-electron chi connectivity index (χ4n) is 12.7. The Morgan fingerprint density at radius 2 is 1.55 bits per heavy atom. The predicted octanol–water partition coefficient (Wildman–Crippen LogP) is 2.95. The van der Waals surface area contributed by atoms with Gasteiger partial charge in [0, 0.05) is 88.0 Å². The number of anilines is 2. The van der Waals surface area contributed by atoms with E-state index in [0.717, 1.165) is 75.0 Å². The van der Waals surface area contributed by atoms with Crippen molar-refractivity contribution in [1.29, 1.82) is 0 Å². The first-order valence-electron chi connectivity index (χ1n) is 25.4. The zero-order valence-electron chi connectivity index (χ0n) is 40.7. The number of piperidine rings is 2. The van der Waals surface area contributed by atoms with E-state index < -0.39 is 23.6 Å². The molecule has 0 radical (unpaired) electrons. The lowest BCUT2D eigenvalue weighted by Crippen LogP contribution is -2.68. The van der Waals surface area contributed by atoms with Gasteiger partial charge in [0.05, 0.1) is 30.1 Å². The molecule has 7 aliphatic rings. The van der Waals surface area contributed by atoms with Gasteiger partial charge >= 0.3 is 0 Å². The third-order valence-corrected chi connectivity index (χ3v) is 16.5. The molecule has 2 unspecified atom stereocenters. The maximum atomic E-state index is 14.1. The van der Waals surface area contributed by atoms with Crippen LogP contribution in [0.2, 0.25) is 0 Å². The minimum atomic E-state index is -0.848. The van der Waals surface area contributed by atoms with Crippen LogP contribution in [0, 0.1) is 23.2 Å². The van der Waals surface area contributed by atoms with Crippen LogP contribution in [0.3, 0.4) is 0 Å². The lowest BCUT2D eigenvalue weighted by atomic mass is 9.60. The topological polar surface area (TPSA) is 173 Å². The van der Waals surface area contributed by atoms with E-state index >= 15 is 0 Å². The van der Waals surface area contributed by atoms with Gasteiger partial charge < -0.3 is 45.8 Å². The van der Waals surface area contributed by atoms with Crippen molar-refractivity contribution in [3.8, 4) is 29.4 Å². The van der Waals surface area contributed by atoms with Crippen molar-refractivity contribution >= 4 is 29.2 Å². The number of hydrogen-bond acceptors (Lipinski definition) is 13. The summed E-state index contributed by atoms with van der Waals surface area (Å²) in [5.74, 6) is 2.76. The number of phenols is 1. The summed E-state index contributed by atoms with van der Waals surface area (Å²) in [7, 11) is 0. The summed E-state index contributed by atoms with van der Waals surface area (Å²) in [4.78, 5) is 55.4. The molecule has 1 aliphatic carbocycles. The van der Waals surface area contributed by atoms with Crippen molar-refractivity contribution in [2.75, 3.05) is 88.8 Å². The number of amides is 3. The predicted molar refractivity (Wildman–Crippen MR) is 265 cm³/mol. The standard InChI is InChI=1S/C53H71N11O5/c1-5-35-10-12-36(13-11-35)28-55-50(68)45-24-41(65)31-64(45)51(69)48(52(2,3)4)56-47(67)32-59-33-53(34-59)26-39(27-53)61-20-14-37(15-21-61)60-18-16-38(17-19-60)62-22-23-63-40(30-62)29-54-49-44(63)25-43(57-58-49)42-8-6-7-9-46(42)66/h1,6-13,25,37-41,45,48,65-66H,14-24,26-34H2,2-4H3,(H,54,58)(H,55,68)(H,56,67)/t40-,41?,45?,48+/m0/s1. The Morgan fingerprint density at radius 1 is 0.870 bits per heavy atom. The van der Waals surface area contributed by atoms with Crippen LogP contribution in [0.5, 0.6) is 5.75 Å². The molecule has 5 saturated heterocycles. The number of nitrogens with zero attached hydrogens (tertiary/aromatic N) is 8. The molecule has 5 N–H and O–H groups in total. The normalized spacial score (nSPS) is 25.4. The molecular formula is C53H71N11O5. The number of nitrogens with one attached hydrogen (secondary N) is 3. The van der Waals surface area contributed by atoms with Crippen molar-refractivity contribution in [3.05, 3.63) is 65.7 Å². The van der Waals surface area contributed by atoms with Gasteiger partial charge in [-0.2, -0.15) is 0 Å². The fraction of sp³-hybridized carbons (Fsp3) is 0.604. The zero-order valence-corrected chi connectivity index (χ0v) is 40.7. The van der Waals surface area contributed by atoms with Gasteiger partial charge in [0.15, 0.2) is 5.82 Å². The second-order valence-electron chi connectivity index (χ2n) is 22.3. The van der Waals surface area contributed by atoms with E-state index in [0.29, 0.717) is 35.4 Å². The van der Waals surface area contributed by atoms with Crippen molar-refractivity contribution in [2.24, 2.45) is 10.8 Å². The Bertz CT molecular complexity index is 2390. The van der Waals surface area contributed by atoms with E-state index in [1.807, 2.05) is 63.2 Å². The van der Waals surface area contributed by atoms with Crippen LogP contribution in [0.25, 0.3) is 11.3 Å². The number of piperazine rings is 1. The molecule has 1 aromatic heterocycles. The van der Waals surface area contributed by atoms with Crippen molar-refractivity contribution in [2.45, 2.75) is 115 Å². The molecule has 1 saturated carbocycles. The lowest BCUT2D eigenvalue weighted by molar-refractivity contribution is -0.146. The van der Waals surface area contributed by atoms with E-state index in [4.69, 9.17) is 6.42 Å². The molecule has 3 aromatic rings. The van der Waals surface area contributed by atoms with Crippen molar-refractivity contribution in [1.82, 2.24) is 45.3 Å². The number of terminal acetylenes is 1. The highest BCUT2D eigenvalue weighted by atomic mass is 16.3. The fourth-order valence-corrected chi connectivity index (χ4v) is 12.7. The van der Waals surface area contributed by atoms with E-state index in [1.54, 1.807) is 6.07 Å². The average Bonchev–Trinajstić information content (AvgIpc) is 3.74. The molecule has 3 amide bonds. The largest absolute Gasteiger partial charge is 0.507 e. The van der Waals surface area contributed by atoms with Crippen LogP contribution in [-0.2, 0) is 20.9 Å². The number of phenolic OH excluding ortho intramolecular Hbond substituents is 1. The van der Waals surface area contributed by atoms with Gasteiger partial charge in [-0.3, -0.25) is 24.2 Å². The molecule has 16 nitrogen and oxygen atoms in total. The van der Waals surface area contributed by atoms with Crippen molar-refractivity contribution < 1.29 is 24.6 Å². The monoisotopic (exact) mass is 942 g/mol. The number of likely N-dealkylation sites (tertiary alicyclic amines) is 4. The number of carbonyl (C=O) groups excluding carboxylic acids is 3. The molecule has 368 valence electrons. The number of benzene rings is 2. The molecular weight excluding hydrogens is 871 g/mol. The number of aromatic nitrogens is 2. The Labute approximate surface area is 407 Å². The average molecular weight is 942 g/mol. The van der Waals surface area contributed by atoms with Crippen LogP contribution in [0.4, 0.5) is 11.5 Å². The van der Waals surface area contributed by atoms with Crippen LogP contribution in [0.1, 0.15) is 76.8 Å². The summed E-state index contributed by atoms with van der Waals surface area (Å²) in [5, 5.41) is 39.5. The smallest absolute Gasteiger partial charge is 0.246 e. The van der Waals surface area contributed by atoms with Crippen LogP contribution in [0.15, 0.2) is 54.6 Å². The molecule has 6 aliphatic heterocycles. The number of β-amino-alcohol motifs (C(OH)–C–C–N with tert-alkyl or cyclic N) is 1. The maximum absolute atomic E-state index is 14.1. The number of aliphatic hydroxyl groups is 1.